The number of amides is 1. The summed E-state index contributed by atoms with van der Waals surface area (Å²) in [5.74, 6) is -0.950. The van der Waals surface area contributed by atoms with E-state index in [-0.39, 0.29) is 16.5 Å². The summed E-state index contributed by atoms with van der Waals surface area (Å²) in [4.78, 5) is 15.3. The van der Waals surface area contributed by atoms with E-state index in [4.69, 9.17) is 0 Å². The molecule has 0 aliphatic heterocycles. The number of benzene rings is 2. The molecule has 0 atom stereocenters. The number of sulfonamides is 1. The number of nitrogens with zero attached hydrogens (tertiary/aromatic N) is 1. The van der Waals surface area contributed by atoms with Gasteiger partial charge in [0.15, 0.2) is 0 Å². The van der Waals surface area contributed by atoms with Gasteiger partial charge in [0, 0.05) is 18.7 Å². The fourth-order valence-corrected chi connectivity index (χ4v) is 3.54. The summed E-state index contributed by atoms with van der Waals surface area (Å²) in [6.45, 7) is 1.38. The maximum Gasteiger partial charge on any atom is 0.261 e. The zero-order valence-electron chi connectivity index (χ0n) is 14.3. The molecule has 1 amide bonds. The van der Waals surface area contributed by atoms with Crippen molar-refractivity contribution in [1.29, 1.82) is 0 Å². The summed E-state index contributed by atoms with van der Waals surface area (Å²) < 4.78 is 41.3. The SMILES string of the molecule is CC(=O)Nc1cncc(-c2ccc(F)c(NS(=O)(=O)c3ccccc3)c2)c1. The fraction of sp³-hybridized carbons (Fsp3) is 0.0526. The molecule has 27 heavy (non-hydrogen) atoms. The third kappa shape index (κ3) is 4.48. The van der Waals surface area contributed by atoms with Crippen molar-refractivity contribution in [1.82, 2.24) is 4.98 Å². The second-order valence-corrected chi connectivity index (χ2v) is 7.44. The zero-order chi connectivity index (χ0) is 19.4. The highest BCUT2D eigenvalue weighted by Crippen LogP contribution is 2.27. The number of carbonyl (C=O) groups is 1. The average molecular weight is 385 g/mol. The summed E-state index contributed by atoms with van der Waals surface area (Å²) in [6.07, 6.45) is 3.02. The van der Waals surface area contributed by atoms with Crippen molar-refractivity contribution in [2.24, 2.45) is 0 Å². The van der Waals surface area contributed by atoms with Gasteiger partial charge < -0.3 is 5.32 Å². The monoisotopic (exact) mass is 385 g/mol. The minimum Gasteiger partial charge on any atom is -0.325 e. The molecule has 3 rings (SSSR count). The minimum absolute atomic E-state index is 0.0316. The van der Waals surface area contributed by atoms with Gasteiger partial charge in [0.2, 0.25) is 5.91 Å². The normalized spacial score (nSPS) is 11.0. The van der Waals surface area contributed by atoms with Gasteiger partial charge in [0.05, 0.1) is 22.5 Å². The predicted octanol–water partition coefficient (Wildman–Crippen LogP) is 3.65. The van der Waals surface area contributed by atoms with Gasteiger partial charge in [-0.15, -0.1) is 0 Å². The van der Waals surface area contributed by atoms with Crippen molar-refractivity contribution in [2.45, 2.75) is 11.8 Å². The summed E-state index contributed by atoms with van der Waals surface area (Å²) in [5.41, 5.74) is 1.44. The van der Waals surface area contributed by atoms with E-state index >= 15 is 0 Å². The Hall–Kier alpha value is -3.26. The van der Waals surface area contributed by atoms with E-state index in [0.29, 0.717) is 16.8 Å². The first-order chi connectivity index (χ1) is 12.8. The number of carbonyl (C=O) groups excluding carboxylic acids is 1. The lowest BCUT2D eigenvalue weighted by molar-refractivity contribution is -0.114. The van der Waals surface area contributed by atoms with E-state index in [1.165, 1.54) is 49.6 Å². The molecule has 0 spiro atoms. The molecule has 0 saturated carbocycles. The Morgan fingerprint density at radius 1 is 1.00 bits per heavy atom. The Kier molecular flexibility index (Phi) is 5.18. The lowest BCUT2D eigenvalue weighted by atomic mass is 10.1. The molecule has 1 aromatic heterocycles. The number of hydrogen-bond donors (Lipinski definition) is 2. The van der Waals surface area contributed by atoms with Crippen LogP contribution in [0.1, 0.15) is 6.92 Å². The number of hydrogen-bond acceptors (Lipinski definition) is 4. The largest absolute Gasteiger partial charge is 0.325 e. The molecule has 6 nitrogen and oxygen atoms in total. The topological polar surface area (TPSA) is 88.2 Å². The predicted molar refractivity (Wildman–Crippen MR) is 101 cm³/mol. The molecule has 8 heteroatoms. The van der Waals surface area contributed by atoms with Gasteiger partial charge >= 0.3 is 0 Å². The van der Waals surface area contributed by atoms with Crippen molar-refractivity contribution < 1.29 is 17.6 Å². The second kappa shape index (κ2) is 7.55. The van der Waals surface area contributed by atoms with Gasteiger partial charge in [0.25, 0.3) is 10.0 Å². The number of aromatic nitrogens is 1. The molecule has 2 N–H and O–H groups in total. The molecule has 0 fully saturated rings. The molecule has 2 aromatic carbocycles. The third-order valence-electron chi connectivity index (χ3n) is 3.66. The first-order valence-corrected chi connectivity index (χ1v) is 9.44. The van der Waals surface area contributed by atoms with Crippen LogP contribution in [0.3, 0.4) is 0 Å². The van der Waals surface area contributed by atoms with Crippen LogP contribution in [0, 0.1) is 5.82 Å². The van der Waals surface area contributed by atoms with E-state index in [2.05, 4.69) is 15.0 Å². The maximum atomic E-state index is 14.2. The Morgan fingerprint density at radius 3 is 2.44 bits per heavy atom. The summed E-state index contributed by atoms with van der Waals surface area (Å²) >= 11 is 0. The van der Waals surface area contributed by atoms with Gasteiger partial charge in [-0.25, -0.2) is 12.8 Å². The van der Waals surface area contributed by atoms with Crippen LogP contribution in [-0.2, 0) is 14.8 Å². The molecule has 138 valence electrons. The van der Waals surface area contributed by atoms with Crippen LogP contribution in [0.15, 0.2) is 71.9 Å². The van der Waals surface area contributed by atoms with Gasteiger partial charge in [-0.05, 0) is 35.9 Å². The Balaban J connectivity index is 1.95. The minimum atomic E-state index is -3.92. The molecular formula is C19H16FN3O3S. The summed E-state index contributed by atoms with van der Waals surface area (Å²) in [5, 5.41) is 2.61. The van der Waals surface area contributed by atoms with E-state index in [1.807, 2.05) is 0 Å². The molecule has 3 aromatic rings. The van der Waals surface area contributed by atoms with Crippen LogP contribution in [0.25, 0.3) is 11.1 Å². The highest BCUT2D eigenvalue weighted by atomic mass is 32.2. The maximum absolute atomic E-state index is 14.2. The lowest BCUT2D eigenvalue weighted by Gasteiger charge is -2.11. The van der Waals surface area contributed by atoms with E-state index < -0.39 is 15.8 Å². The Bertz CT molecular complexity index is 1090. The van der Waals surface area contributed by atoms with Gasteiger partial charge in [-0.1, -0.05) is 24.3 Å². The smallest absolute Gasteiger partial charge is 0.261 e. The number of anilines is 2. The Morgan fingerprint density at radius 2 is 1.74 bits per heavy atom. The zero-order valence-corrected chi connectivity index (χ0v) is 15.1. The van der Waals surface area contributed by atoms with Gasteiger partial charge in [-0.3, -0.25) is 14.5 Å². The quantitative estimate of drug-likeness (QED) is 0.702. The average Bonchev–Trinajstić information content (AvgIpc) is 2.64. The number of pyridine rings is 1. The van der Waals surface area contributed by atoms with Crippen molar-refractivity contribution in [2.75, 3.05) is 10.0 Å². The van der Waals surface area contributed by atoms with Crippen LogP contribution in [-0.4, -0.2) is 19.3 Å². The molecule has 0 bridgehead atoms. The van der Waals surface area contributed by atoms with Crippen LogP contribution in [0.2, 0.25) is 0 Å². The van der Waals surface area contributed by atoms with Crippen LogP contribution in [0.4, 0.5) is 15.8 Å². The van der Waals surface area contributed by atoms with E-state index in [0.717, 1.165) is 0 Å². The first kappa shape index (κ1) is 18.5. The highest BCUT2D eigenvalue weighted by Gasteiger charge is 2.16. The van der Waals surface area contributed by atoms with Crippen molar-refractivity contribution >= 4 is 27.3 Å². The van der Waals surface area contributed by atoms with Crippen molar-refractivity contribution in [3.05, 3.63) is 72.8 Å². The molecule has 0 radical (unpaired) electrons. The molecule has 0 saturated heterocycles. The molecule has 0 aliphatic carbocycles. The van der Waals surface area contributed by atoms with Crippen molar-refractivity contribution in [3.63, 3.8) is 0 Å². The summed E-state index contributed by atoms with van der Waals surface area (Å²) in [6, 6.07) is 13.4. The van der Waals surface area contributed by atoms with Crippen LogP contribution in [0.5, 0.6) is 0 Å². The fourth-order valence-electron chi connectivity index (χ4n) is 2.46. The van der Waals surface area contributed by atoms with E-state index in [9.17, 15) is 17.6 Å². The molecule has 1 heterocycles. The van der Waals surface area contributed by atoms with Crippen LogP contribution < -0.4 is 10.0 Å². The molecule has 0 aliphatic rings. The van der Waals surface area contributed by atoms with E-state index in [1.54, 1.807) is 24.3 Å². The van der Waals surface area contributed by atoms with Gasteiger partial charge in [-0.2, -0.15) is 0 Å². The lowest BCUT2D eigenvalue weighted by Crippen LogP contribution is -2.14. The molecular weight excluding hydrogens is 369 g/mol. The second-order valence-electron chi connectivity index (χ2n) is 5.76. The number of halogens is 1. The number of nitrogens with one attached hydrogen (secondary N) is 2. The van der Waals surface area contributed by atoms with Crippen molar-refractivity contribution in [3.8, 4) is 11.1 Å². The highest BCUT2D eigenvalue weighted by molar-refractivity contribution is 7.92. The van der Waals surface area contributed by atoms with Crippen LogP contribution >= 0.6 is 0 Å². The Labute approximate surface area is 156 Å². The number of rotatable bonds is 5. The third-order valence-corrected chi connectivity index (χ3v) is 5.04. The summed E-state index contributed by atoms with van der Waals surface area (Å²) in [7, 11) is -3.92. The van der Waals surface area contributed by atoms with Gasteiger partial charge in [0.1, 0.15) is 5.82 Å². The molecule has 0 unspecified atom stereocenters. The standard InChI is InChI=1S/C19H16FN3O3S/c1-13(24)22-16-9-15(11-21-12-16)14-7-8-18(20)19(10-14)23-27(25,26)17-5-3-2-4-6-17/h2-12,23H,1H3,(H,22,24). The first-order valence-electron chi connectivity index (χ1n) is 7.95.